The smallest absolute Gasteiger partial charge is 0.0455 e. The highest BCUT2D eigenvalue weighted by Gasteiger charge is 2.15. The van der Waals surface area contributed by atoms with Crippen LogP contribution in [0.15, 0.2) is 23.1 Å². The van der Waals surface area contributed by atoms with Crippen LogP contribution >= 0.6 is 11.8 Å². The Morgan fingerprint density at radius 1 is 1.20 bits per heavy atom. The Hall–Kier alpha value is -0.630. The van der Waals surface area contributed by atoms with Crippen molar-refractivity contribution in [2.45, 2.75) is 70.6 Å². The van der Waals surface area contributed by atoms with Gasteiger partial charge >= 0.3 is 0 Å². The van der Waals surface area contributed by atoms with E-state index in [1.165, 1.54) is 41.9 Å². The van der Waals surface area contributed by atoms with Crippen molar-refractivity contribution in [3.63, 3.8) is 0 Å². The van der Waals surface area contributed by atoms with Crippen molar-refractivity contribution >= 4 is 17.4 Å². The van der Waals surface area contributed by atoms with E-state index in [2.05, 4.69) is 52.8 Å². The molecule has 0 saturated carbocycles. The molecule has 0 saturated heterocycles. The van der Waals surface area contributed by atoms with E-state index in [0.29, 0.717) is 0 Å². The van der Waals surface area contributed by atoms with E-state index in [-0.39, 0.29) is 5.41 Å². The van der Waals surface area contributed by atoms with Crippen LogP contribution in [0.1, 0.15) is 65.9 Å². The molecule has 1 nitrogen and oxygen atoms in total. The monoisotopic (exact) mass is 293 g/mol. The third kappa shape index (κ3) is 5.40. The molecule has 0 aromatic heterocycles. The number of anilines is 1. The van der Waals surface area contributed by atoms with Gasteiger partial charge in [-0.3, -0.25) is 0 Å². The zero-order valence-electron chi connectivity index (χ0n) is 13.8. The summed E-state index contributed by atoms with van der Waals surface area (Å²) in [5, 5.41) is 0. The lowest BCUT2D eigenvalue weighted by Crippen LogP contribution is -2.11. The Balaban J connectivity index is 2.64. The van der Waals surface area contributed by atoms with Crippen LogP contribution in [0.5, 0.6) is 0 Å². The van der Waals surface area contributed by atoms with E-state index in [1.807, 2.05) is 11.8 Å². The van der Waals surface area contributed by atoms with Gasteiger partial charge in [0, 0.05) is 16.3 Å². The molecule has 1 rings (SSSR count). The fraction of sp³-hybridized carbons (Fsp3) is 0.667. The summed E-state index contributed by atoms with van der Waals surface area (Å²) >= 11 is 1.92. The van der Waals surface area contributed by atoms with Crippen LogP contribution in [0.3, 0.4) is 0 Å². The van der Waals surface area contributed by atoms with Gasteiger partial charge in [-0.2, -0.15) is 0 Å². The number of nitrogen functional groups attached to an aromatic ring is 1. The summed E-state index contributed by atoms with van der Waals surface area (Å²) in [5.74, 6) is 2.01. The van der Waals surface area contributed by atoms with Crippen molar-refractivity contribution in [3.8, 4) is 0 Å². The predicted molar refractivity (Wildman–Crippen MR) is 93.6 cm³/mol. The summed E-state index contributed by atoms with van der Waals surface area (Å²) in [6.07, 6.45) is 5.26. The highest BCUT2D eigenvalue weighted by Crippen LogP contribution is 2.32. The quantitative estimate of drug-likeness (QED) is 0.502. The Morgan fingerprint density at radius 2 is 1.90 bits per heavy atom. The lowest BCUT2D eigenvalue weighted by atomic mass is 9.87. The standard InChI is InChI=1S/C18H31NS/c1-6-8-9-14(7-2)13-20-17-11-10-15(12-16(17)19)18(3,4)5/h10-12,14H,6-9,13,19H2,1-5H3/t14-/m0/s1. The van der Waals surface area contributed by atoms with Gasteiger partial charge in [0.15, 0.2) is 0 Å². The SMILES string of the molecule is CCCC[C@H](CC)CSc1ccc(C(C)(C)C)cc1N. The Labute approximate surface area is 129 Å². The molecule has 2 heteroatoms. The van der Waals surface area contributed by atoms with Gasteiger partial charge in [0.2, 0.25) is 0 Å². The minimum Gasteiger partial charge on any atom is -0.398 e. The number of hydrogen-bond donors (Lipinski definition) is 1. The number of rotatable bonds is 7. The molecule has 0 spiro atoms. The molecule has 1 aromatic rings. The first kappa shape index (κ1) is 17.4. The van der Waals surface area contributed by atoms with Crippen LogP contribution in [0.4, 0.5) is 5.69 Å². The zero-order chi connectivity index (χ0) is 15.2. The molecule has 0 fully saturated rings. The van der Waals surface area contributed by atoms with Gasteiger partial charge in [-0.15, -0.1) is 11.8 Å². The molecule has 0 heterocycles. The first-order valence-electron chi connectivity index (χ1n) is 7.91. The van der Waals surface area contributed by atoms with Crippen LogP contribution in [0.25, 0.3) is 0 Å². The molecule has 1 aromatic carbocycles. The van der Waals surface area contributed by atoms with Crippen LogP contribution < -0.4 is 5.73 Å². The van der Waals surface area contributed by atoms with Crippen molar-refractivity contribution in [1.29, 1.82) is 0 Å². The van der Waals surface area contributed by atoms with Crippen LogP contribution in [-0.4, -0.2) is 5.75 Å². The van der Waals surface area contributed by atoms with Crippen molar-refractivity contribution in [2.24, 2.45) is 5.92 Å². The van der Waals surface area contributed by atoms with E-state index >= 15 is 0 Å². The first-order chi connectivity index (χ1) is 9.38. The Kier molecular flexibility index (Phi) is 6.94. The molecular formula is C18H31NS. The number of nitrogens with two attached hydrogens (primary N) is 1. The maximum absolute atomic E-state index is 6.23. The number of thioether (sulfide) groups is 1. The summed E-state index contributed by atoms with van der Waals surface area (Å²) < 4.78 is 0. The van der Waals surface area contributed by atoms with Gasteiger partial charge in [0.05, 0.1) is 0 Å². The van der Waals surface area contributed by atoms with Crippen LogP contribution in [-0.2, 0) is 5.41 Å². The second-order valence-corrected chi connectivity index (χ2v) is 7.79. The van der Waals surface area contributed by atoms with Gasteiger partial charge in [0.25, 0.3) is 0 Å². The minimum absolute atomic E-state index is 0.171. The lowest BCUT2D eigenvalue weighted by Gasteiger charge is -2.21. The third-order valence-electron chi connectivity index (χ3n) is 3.89. The van der Waals surface area contributed by atoms with Gasteiger partial charge < -0.3 is 5.73 Å². The fourth-order valence-electron chi connectivity index (χ4n) is 2.25. The van der Waals surface area contributed by atoms with Gasteiger partial charge in [-0.25, -0.2) is 0 Å². The largest absolute Gasteiger partial charge is 0.398 e. The Morgan fingerprint density at radius 3 is 2.40 bits per heavy atom. The van der Waals surface area contributed by atoms with Gasteiger partial charge in [-0.05, 0) is 35.4 Å². The molecule has 1 atom stereocenters. The maximum Gasteiger partial charge on any atom is 0.0455 e. The number of unbranched alkanes of at least 4 members (excludes halogenated alkanes) is 1. The molecule has 0 aliphatic heterocycles. The Bertz CT molecular complexity index is 406. The average molecular weight is 294 g/mol. The average Bonchev–Trinajstić information content (AvgIpc) is 2.39. The molecule has 0 radical (unpaired) electrons. The van der Waals surface area contributed by atoms with E-state index < -0.39 is 0 Å². The van der Waals surface area contributed by atoms with Crippen molar-refractivity contribution in [1.82, 2.24) is 0 Å². The topological polar surface area (TPSA) is 26.0 Å². The second kappa shape index (κ2) is 7.97. The predicted octanol–water partition coefficient (Wildman–Crippen LogP) is 5.87. The summed E-state index contributed by atoms with van der Waals surface area (Å²) in [5.41, 5.74) is 8.65. The van der Waals surface area contributed by atoms with Gasteiger partial charge in [-0.1, -0.05) is 59.9 Å². The van der Waals surface area contributed by atoms with E-state index in [9.17, 15) is 0 Å². The van der Waals surface area contributed by atoms with Crippen LogP contribution in [0, 0.1) is 5.92 Å². The summed E-state index contributed by atoms with van der Waals surface area (Å²) in [6, 6.07) is 6.58. The van der Waals surface area contributed by atoms with Crippen molar-refractivity contribution in [3.05, 3.63) is 23.8 Å². The van der Waals surface area contributed by atoms with E-state index in [0.717, 1.165) is 11.6 Å². The molecule has 0 bridgehead atoms. The van der Waals surface area contributed by atoms with Crippen LogP contribution in [0.2, 0.25) is 0 Å². The highest BCUT2D eigenvalue weighted by molar-refractivity contribution is 7.99. The second-order valence-electron chi connectivity index (χ2n) is 6.73. The summed E-state index contributed by atoms with van der Waals surface area (Å²) in [4.78, 5) is 1.24. The number of hydrogen-bond acceptors (Lipinski definition) is 2. The molecule has 0 unspecified atom stereocenters. The van der Waals surface area contributed by atoms with E-state index in [1.54, 1.807) is 0 Å². The lowest BCUT2D eigenvalue weighted by molar-refractivity contribution is 0.499. The third-order valence-corrected chi connectivity index (χ3v) is 5.21. The minimum atomic E-state index is 0.171. The normalized spacial score (nSPS) is 13.4. The van der Waals surface area contributed by atoms with Crippen molar-refractivity contribution < 1.29 is 0 Å². The zero-order valence-corrected chi connectivity index (χ0v) is 14.6. The molecule has 0 amide bonds. The molecule has 114 valence electrons. The molecule has 0 aliphatic carbocycles. The fourth-order valence-corrected chi connectivity index (χ4v) is 3.46. The molecule has 20 heavy (non-hydrogen) atoms. The highest BCUT2D eigenvalue weighted by atomic mass is 32.2. The summed E-state index contributed by atoms with van der Waals surface area (Å²) in [6.45, 7) is 11.3. The molecule has 2 N–H and O–H groups in total. The van der Waals surface area contributed by atoms with Crippen molar-refractivity contribution in [2.75, 3.05) is 11.5 Å². The van der Waals surface area contributed by atoms with Gasteiger partial charge in [0.1, 0.15) is 0 Å². The summed E-state index contributed by atoms with van der Waals surface area (Å²) in [7, 11) is 0. The van der Waals surface area contributed by atoms with E-state index in [4.69, 9.17) is 5.73 Å². The molecular weight excluding hydrogens is 262 g/mol. The first-order valence-corrected chi connectivity index (χ1v) is 8.89. The number of benzene rings is 1. The maximum atomic E-state index is 6.23. The molecule has 0 aliphatic rings.